The molecule has 6 heteroatoms. The molecule has 1 saturated heterocycles. The Kier molecular flexibility index (Phi) is 6.32. The van der Waals surface area contributed by atoms with Gasteiger partial charge in [-0.1, -0.05) is 0 Å². The molecule has 1 aromatic rings. The van der Waals surface area contributed by atoms with Crippen molar-refractivity contribution in [3.05, 3.63) is 24.3 Å². The summed E-state index contributed by atoms with van der Waals surface area (Å²) in [6.07, 6.45) is 0. The van der Waals surface area contributed by atoms with Crippen molar-refractivity contribution in [1.82, 2.24) is 5.32 Å². The van der Waals surface area contributed by atoms with E-state index >= 15 is 0 Å². The zero-order chi connectivity index (χ0) is 12.1. The molecule has 0 bridgehead atoms. The van der Waals surface area contributed by atoms with Gasteiger partial charge in [0.15, 0.2) is 0 Å². The van der Waals surface area contributed by atoms with Gasteiger partial charge in [-0.3, -0.25) is 10.1 Å². The molecule has 1 aliphatic heterocycles. The fraction of sp³-hybridized carbons (Fsp3) is 0.417. The second-order valence-electron chi connectivity index (χ2n) is 3.72. The minimum atomic E-state index is -0.0773. The molecule has 0 aliphatic carbocycles. The number of hydrogen-bond donors (Lipinski definition) is 2. The molecular formula is C12H17ClN2O2S. The van der Waals surface area contributed by atoms with Crippen molar-refractivity contribution in [3.8, 4) is 5.75 Å². The smallest absolute Gasteiger partial charge is 0.242 e. The van der Waals surface area contributed by atoms with E-state index < -0.39 is 0 Å². The number of thioether (sulfide) groups is 1. The first-order valence-electron chi connectivity index (χ1n) is 5.64. The average Bonchev–Trinajstić information content (AvgIpc) is 2.86. The second-order valence-corrected chi connectivity index (χ2v) is 4.75. The molecule has 4 nitrogen and oxygen atoms in total. The molecule has 0 radical (unpaired) electrons. The third-order valence-corrected chi connectivity index (χ3v) is 3.41. The van der Waals surface area contributed by atoms with Gasteiger partial charge in [0.05, 0.1) is 12.6 Å². The number of benzene rings is 1. The number of amides is 1. The van der Waals surface area contributed by atoms with E-state index in [1.807, 2.05) is 31.2 Å². The van der Waals surface area contributed by atoms with Gasteiger partial charge in [0.25, 0.3) is 0 Å². The number of carbonyl (C=O) groups is 1. The zero-order valence-corrected chi connectivity index (χ0v) is 11.8. The molecule has 1 aliphatic rings. The van der Waals surface area contributed by atoms with E-state index in [9.17, 15) is 4.79 Å². The van der Waals surface area contributed by atoms with Crippen LogP contribution in [0.4, 0.5) is 5.69 Å². The van der Waals surface area contributed by atoms with E-state index in [0.717, 1.165) is 23.1 Å². The third-order valence-electron chi connectivity index (χ3n) is 2.47. The summed E-state index contributed by atoms with van der Waals surface area (Å²) in [5.74, 6) is 2.53. The number of nitrogens with one attached hydrogen (secondary N) is 2. The van der Waals surface area contributed by atoms with Gasteiger partial charge in [0.2, 0.25) is 5.91 Å². The quantitative estimate of drug-likeness (QED) is 0.891. The van der Waals surface area contributed by atoms with Gasteiger partial charge in [0, 0.05) is 17.3 Å². The van der Waals surface area contributed by atoms with Crippen molar-refractivity contribution in [3.63, 3.8) is 0 Å². The highest BCUT2D eigenvalue weighted by Gasteiger charge is 2.22. The van der Waals surface area contributed by atoms with Gasteiger partial charge in [-0.15, -0.1) is 24.2 Å². The first-order valence-corrected chi connectivity index (χ1v) is 6.80. The van der Waals surface area contributed by atoms with Crippen molar-refractivity contribution >= 4 is 35.8 Å². The summed E-state index contributed by atoms with van der Waals surface area (Å²) in [7, 11) is 0. The standard InChI is InChI=1S/C12H16N2O2S.ClH/c1-2-16-10-5-3-9(4-6-10)14-12(15)11-7-17-8-13-11;/h3-6,11,13H,2,7-8H2,1H3,(H,14,15);1H. The maximum absolute atomic E-state index is 11.8. The zero-order valence-electron chi connectivity index (χ0n) is 10.1. The Hall–Kier alpha value is -0.910. The first-order chi connectivity index (χ1) is 8.29. The van der Waals surface area contributed by atoms with Crippen molar-refractivity contribution in [2.75, 3.05) is 23.6 Å². The summed E-state index contributed by atoms with van der Waals surface area (Å²) in [5.41, 5.74) is 0.803. The van der Waals surface area contributed by atoms with E-state index in [1.54, 1.807) is 11.8 Å². The summed E-state index contributed by atoms with van der Waals surface area (Å²) >= 11 is 1.74. The summed E-state index contributed by atoms with van der Waals surface area (Å²) in [5, 5.41) is 6.02. The third kappa shape index (κ3) is 4.08. The molecule has 2 N–H and O–H groups in total. The van der Waals surface area contributed by atoms with Crippen LogP contribution >= 0.6 is 24.2 Å². The van der Waals surface area contributed by atoms with Gasteiger partial charge in [0.1, 0.15) is 5.75 Å². The number of anilines is 1. The molecule has 1 heterocycles. The van der Waals surface area contributed by atoms with Crippen LogP contribution < -0.4 is 15.4 Å². The molecule has 1 amide bonds. The van der Waals surface area contributed by atoms with E-state index in [2.05, 4.69) is 10.6 Å². The van der Waals surface area contributed by atoms with Crippen LogP contribution in [0.25, 0.3) is 0 Å². The van der Waals surface area contributed by atoms with Crippen molar-refractivity contribution < 1.29 is 9.53 Å². The molecule has 18 heavy (non-hydrogen) atoms. The number of rotatable bonds is 4. The van der Waals surface area contributed by atoms with Gasteiger partial charge < -0.3 is 10.1 Å². The highest BCUT2D eigenvalue weighted by Crippen LogP contribution is 2.17. The lowest BCUT2D eigenvalue weighted by molar-refractivity contribution is -0.117. The maximum Gasteiger partial charge on any atom is 0.242 e. The molecule has 0 spiro atoms. The summed E-state index contributed by atoms with van der Waals surface area (Å²) in [4.78, 5) is 11.8. The molecule has 1 fully saturated rings. The lowest BCUT2D eigenvalue weighted by atomic mass is 10.2. The predicted octanol–water partition coefficient (Wildman–Crippen LogP) is 2.11. The second kappa shape index (κ2) is 7.51. The van der Waals surface area contributed by atoms with Gasteiger partial charge in [-0.2, -0.15) is 0 Å². The van der Waals surface area contributed by atoms with Crippen LogP contribution in [0.1, 0.15) is 6.92 Å². The summed E-state index contributed by atoms with van der Waals surface area (Å²) < 4.78 is 5.34. The summed E-state index contributed by atoms with van der Waals surface area (Å²) in [6, 6.07) is 7.34. The lowest BCUT2D eigenvalue weighted by Gasteiger charge is -2.11. The monoisotopic (exact) mass is 288 g/mol. The molecule has 0 aromatic heterocycles. The average molecular weight is 289 g/mol. The Balaban J connectivity index is 0.00000162. The highest BCUT2D eigenvalue weighted by molar-refractivity contribution is 7.99. The van der Waals surface area contributed by atoms with E-state index in [1.165, 1.54) is 0 Å². The minimum Gasteiger partial charge on any atom is -0.494 e. The summed E-state index contributed by atoms with van der Waals surface area (Å²) in [6.45, 7) is 2.59. The van der Waals surface area contributed by atoms with E-state index in [0.29, 0.717) is 6.61 Å². The van der Waals surface area contributed by atoms with E-state index in [4.69, 9.17) is 4.74 Å². The molecule has 1 atom stereocenters. The fourth-order valence-corrected chi connectivity index (χ4v) is 2.54. The van der Waals surface area contributed by atoms with Crippen LogP contribution in [0.15, 0.2) is 24.3 Å². The van der Waals surface area contributed by atoms with Gasteiger partial charge >= 0.3 is 0 Å². The normalized spacial score (nSPS) is 17.9. The Morgan fingerprint density at radius 3 is 2.78 bits per heavy atom. The minimum absolute atomic E-state index is 0. The van der Waals surface area contributed by atoms with Crippen LogP contribution in [0, 0.1) is 0 Å². The van der Waals surface area contributed by atoms with Gasteiger partial charge in [-0.25, -0.2) is 0 Å². The Morgan fingerprint density at radius 1 is 1.50 bits per heavy atom. The number of ether oxygens (including phenoxy) is 1. The Labute approximate surface area is 117 Å². The van der Waals surface area contributed by atoms with Crippen molar-refractivity contribution in [1.29, 1.82) is 0 Å². The molecule has 0 saturated carbocycles. The fourth-order valence-electron chi connectivity index (χ4n) is 1.59. The predicted molar refractivity (Wildman–Crippen MR) is 77.7 cm³/mol. The Bertz CT molecular complexity index is 380. The number of halogens is 1. The first kappa shape index (κ1) is 15.1. The number of hydrogen-bond acceptors (Lipinski definition) is 4. The number of carbonyl (C=O) groups excluding carboxylic acids is 1. The SMILES string of the molecule is CCOc1ccc(NC(=O)C2CSCN2)cc1.Cl. The molecule has 1 aromatic carbocycles. The molecule has 1 unspecified atom stereocenters. The molecule has 100 valence electrons. The van der Waals surface area contributed by atoms with Gasteiger partial charge in [-0.05, 0) is 31.2 Å². The van der Waals surface area contributed by atoms with Crippen molar-refractivity contribution in [2.45, 2.75) is 13.0 Å². The lowest BCUT2D eigenvalue weighted by Crippen LogP contribution is -2.37. The van der Waals surface area contributed by atoms with Crippen LogP contribution in [0.5, 0.6) is 5.75 Å². The van der Waals surface area contributed by atoms with Crippen LogP contribution in [-0.2, 0) is 4.79 Å². The van der Waals surface area contributed by atoms with Crippen molar-refractivity contribution in [2.24, 2.45) is 0 Å². The topological polar surface area (TPSA) is 50.4 Å². The Morgan fingerprint density at radius 2 is 2.22 bits per heavy atom. The molecule has 2 rings (SSSR count). The molecular weight excluding hydrogens is 272 g/mol. The van der Waals surface area contributed by atoms with Crippen LogP contribution in [-0.4, -0.2) is 30.2 Å². The van der Waals surface area contributed by atoms with E-state index in [-0.39, 0.29) is 24.4 Å². The van der Waals surface area contributed by atoms with Crippen LogP contribution in [0.3, 0.4) is 0 Å². The van der Waals surface area contributed by atoms with Crippen LogP contribution in [0.2, 0.25) is 0 Å². The largest absolute Gasteiger partial charge is 0.494 e. The highest BCUT2D eigenvalue weighted by atomic mass is 35.5. The maximum atomic E-state index is 11.8.